The molecule has 0 bridgehead atoms. The Labute approximate surface area is 192 Å². The number of halogens is 2. The number of hydrogen-bond donors (Lipinski definition) is 1. The number of carbonyl (C=O) groups is 1. The fourth-order valence-corrected chi connectivity index (χ4v) is 4.53. The number of benzene rings is 1. The van der Waals surface area contributed by atoms with E-state index in [1.54, 1.807) is 6.07 Å². The van der Waals surface area contributed by atoms with Gasteiger partial charge in [0.05, 0.1) is 23.3 Å². The molecule has 2 fully saturated rings. The molecule has 9 heteroatoms. The molecule has 31 heavy (non-hydrogen) atoms. The van der Waals surface area contributed by atoms with Crippen molar-refractivity contribution >= 4 is 34.9 Å². The summed E-state index contributed by atoms with van der Waals surface area (Å²) in [6.07, 6.45) is 3.41. The van der Waals surface area contributed by atoms with E-state index in [0.29, 0.717) is 34.1 Å². The van der Waals surface area contributed by atoms with E-state index in [2.05, 4.69) is 20.2 Å². The summed E-state index contributed by atoms with van der Waals surface area (Å²) in [4.78, 5) is 26.2. The summed E-state index contributed by atoms with van der Waals surface area (Å²) >= 11 is 12.1. The van der Waals surface area contributed by atoms with Crippen LogP contribution < -0.4 is 5.32 Å². The molecule has 166 valence electrons. The number of morpholine rings is 1. The molecular formula is C22H27Cl2N5O2. The van der Waals surface area contributed by atoms with Crippen LogP contribution in [-0.4, -0.2) is 71.1 Å². The maximum absolute atomic E-state index is 13.2. The van der Waals surface area contributed by atoms with E-state index in [0.717, 1.165) is 63.4 Å². The Kier molecular flexibility index (Phi) is 7.27. The summed E-state index contributed by atoms with van der Waals surface area (Å²) in [7, 11) is 0. The average Bonchev–Trinajstić information content (AvgIpc) is 2.81. The minimum Gasteiger partial charge on any atom is -0.379 e. The fourth-order valence-electron chi connectivity index (χ4n) is 4.21. The largest absolute Gasteiger partial charge is 0.379 e. The third-order valence-electron chi connectivity index (χ3n) is 6.04. The van der Waals surface area contributed by atoms with Gasteiger partial charge in [-0.3, -0.25) is 9.69 Å². The van der Waals surface area contributed by atoms with Crippen LogP contribution in [0.2, 0.25) is 10.0 Å². The molecule has 1 N–H and O–H groups in total. The highest BCUT2D eigenvalue weighted by Gasteiger charge is 2.29. The minimum absolute atomic E-state index is 0.0297. The number of likely N-dealkylation sites (tertiary alicyclic amines) is 1. The van der Waals surface area contributed by atoms with E-state index < -0.39 is 0 Å². The molecule has 1 amide bonds. The van der Waals surface area contributed by atoms with Crippen molar-refractivity contribution in [2.45, 2.75) is 32.4 Å². The Morgan fingerprint density at radius 2 is 1.87 bits per heavy atom. The summed E-state index contributed by atoms with van der Waals surface area (Å²) in [6, 6.07) is 6.02. The highest BCUT2D eigenvalue weighted by atomic mass is 35.5. The summed E-state index contributed by atoms with van der Waals surface area (Å²) in [6.45, 7) is 7.47. The lowest BCUT2D eigenvalue weighted by Crippen LogP contribution is -2.50. The van der Waals surface area contributed by atoms with Gasteiger partial charge in [0.15, 0.2) is 0 Å². The van der Waals surface area contributed by atoms with Gasteiger partial charge >= 0.3 is 0 Å². The normalized spacial score (nSPS) is 18.2. The molecular weight excluding hydrogens is 437 g/mol. The molecule has 1 aromatic heterocycles. The van der Waals surface area contributed by atoms with Gasteiger partial charge in [-0.1, -0.05) is 29.3 Å². The van der Waals surface area contributed by atoms with Crippen LogP contribution in [0.4, 0.5) is 5.82 Å². The molecule has 0 unspecified atom stereocenters. The van der Waals surface area contributed by atoms with Crippen LogP contribution in [0.3, 0.4) is 0 Å². The number of aromatic nitrogens is 2. The summed E-state index contributed by atoms with van der Waals surface area (Å²) in [5.41, 5.74) is 2.18. The van der Waals surface area contributed by atoms with E-state index in [-0.39, 0.29) is 5.91 Å². The number of nitrogens with one attached hydrogen (secondary N) is 1. The van der Waals surface area contributed by atoms with E-state index in [1.165, 1.54) is 6.33 Å². The van der Waals surface area contributed by atoms with Crippen LogP contribution >= 0.6 is 23.2 Å². The molecule has 0 aliphatic carbocycles. The van der Waals surface area contributed by atoms with Crippen LogP contribution in [0.5, 0.6) is 0 Å². The molecule has 7 nitrogen and oxygen atoms in total. The smallest absolute Gasteiger partial charge is 0.272 e. The predicted octanol–water partition coefficient (Wildman–Crippen LogP) is 3.64. The monoisotopic (exact) mass is 463 g/mol. The number of anilines is 1. The fraction of sp³-hybridized carbons (Fsp3) is 0.500. The second-order valence-corrected chi connectivity index (χ2v) is 8.78. The van der Waals surface area contributed by atoms with E-state index in [9.17, 15) is 4.79 Å². The van der Waals surface area contributed by atoms with Crippen molar-refractivity contribution in [3.63, 3.8) is 0 Å². The van der Waals surface area contributed by atoms with Crippen molar-refractivity contribution in [3.05, 3.63) is 51.4 Å². The zero-order chi connectivity index (χ0) is 21.8. The number of rotatable bonds is 5. The third-order valence-corrected chi connectivity index (χ3v) is 6.78. The molecule has 2 aromatic rings. The number of piperidine rings is 1. The molecule has 2 aliphatic heterocycles. The first-order valence-electron chi connectivity index (χ1n) is 10.6. The first-order valence-corrected chi connectivity index (χ1v) is 11.4. The lowest BCUT2D eigenvalue weighted by Gasteiger charge is -2.40. The minimum atomic E-state index is -0.0297. The van der Waals surface area contributed by atoms with Crippen molar-refractivity contribution in [3.8, 4) is 0 Å². The number of ether oxygens (including phenoxy) is 1. The third kappa shape index (κ3) is 5.29. The Morgan fingerprint density at radius 1 is 1.13 bits per heavy atom. The Balaban J connectivity index is 1.38. The highest BCUT2D eigenvalue weighted by molar-refractivity contribution is 6.42. The zero-order valence-corrected chi connectivity index (χ0v) is 19.1. The van der Waals surface area contributed by atoms with Gasteiger partial charge < -0.3 is 15.0 Å². The van der Waals surface area contributed by atoms with Crippen LogP contribution in [0, 0.1) is 6.92 Å². The summed E-state index contributed by atoms with van der Waals surface area (Å²) < 4.78 is 5.45. The lowest BCUT2D eigenvalue weighted by atomic mass is 10.0. The van der Waals surface area contributed by atoms with Crippen LogP contribution in [0.15, 0.2) is 24.5 Å². The molecule has 1 aromatic carbocycles. The van der Waals surface area contributed by atoms with Gasteiger partial charge in [0.2, 0.25) is 0 Å². The molecule has 4 rings (SSSR count). The van der Waals surface area contributed by atoms with Gasteiger partial charge in [-0.15, -0.1) is 0 Å². The maximum Gasteiger partial charge on any atom is 0.272 e. The molecule has 2 saturated heterocycles. The summed E-state index contributed by atoms with van der Waals surface area (Å²) in [5.74, 6) is 0.616. The average molecular weight is 464 g/mol. The van der Waals surface area contributed by atoms with Crippen LogP contribution in [0.25, 0.3) is 0 Å². The molecule has 2 aliphatic rings. The van der Waals surface area contributed by atoms with Gasteiger partial charge in [-0.25, -0.2) is 9.97 Å². The SMILES string of the molecule is Cc1c(NCc2ccc(Cl)c(Cl)c2)ncnc1C(=O)N1CCC(N2CCOCC2)CC1. The van der Waals surface area contributed by atoms with Crippen LogP contribution in [-0.2, 0) is 11.3 Å². The Hall–Kier alpha value is -1.93. The Bertz CT molecular complexity index is 928. The quantitative estimate of drug-likeness (QED) is 0.729. The first kappa shape index (κ1) is 22.3. The topological polar surface area (TPSA) is 70.6 Å². The number of hydrogen-bond acceptors (Lipinski definition) is 6. The van der Waals surface area contributed by atoms with Crippen molar-refractivity contribution < 1.29 is 9.53 Å². The van der Waals surface area contributed by atoms with Gasteiger partial charge in [0, 0.05) is 44.3 Å². The maximum atomic E-state index is 13.2. The van der Waals surface area contributed by atoms with Crippen molar-refractivity contribution in [1.82, 2.24) is 19.8 Å². The Morgan fingerprint density at radius 3 is 2.58 bits per heavy atom. The number of carbonyl (C=O) groups excluding carboxylic acids is 1. The first-order chi connectivity index (χ1) is 15.0. The van der Waals surface area contributed by atoms with Gasteiger partial charge in [-0.2, -0.15) is 0 Å². The lowest BCUT2D eigenvalue weighted by molar-refractivity contribution is 0.00152. The second kappa shape index (κ2) is 10.1. The van der Waals surface area contributed by atoms with E-state index in [1.807, 2.05) is 24.0 Å². The summed E-state index contributed by atoms with van der Waals surface area (Å²) in [5, 5.41) is 4.32. The van der Waals surface area contributed by atoms with E-state index in [4.69, 9.17) is 27.9 Å². The zero-order valence-electron chi connectivity index (χ0n) is 17.6. The molecule has 0 saturated carbocycles. The van der Waals surface area contributed by atoms with Gasteiger partial charge in [0.1, 0.15) is 17.8 Å². The van der Waals surface area contributed by atoms with E-state index >= 15 is 0 Å². The molecule has 0 radical (unpaired) electrons. The molecule has 0 atom stereocenters. The predicted molar refractivity (Wildman–Crippen MR) is 122 cm³/mol. The number of nitrogens with zero attached hydrogens (tertiary/aromatic N) is 4. The molecule has 3 heterocycles. The van der Waals surface area contributed by atoms with Crippen LogP contribution in [0.1, 0.15) is 34.5 Å². The van der Waals surface area contributed by atoms with Gasteiger partial charge in [0.25, 0.3) is 5.91 Å². The van der Waals surface area contributed by atoms with Crippen molar-refractivity contribution in [2.75, 3.05) is 44.7 Å². The van der Waals surface area contributed by atoms with Crippen molar-refractivity contribution in [2.24, 2.45) is 0 Å². The number of amides is 1. The van der Waals surface area contributed by atoms with Crippen molar-refractivity contribution in [1.29, 1.82) is 0 Å². The standard InChI is InChI=1S/C22H27Cl2N5O2/c1-15-20(22(30)29-6-4-17(5-7-29)28-8-10-31-11-9-28)26-14-27-21(15)25-13-16-2-3-18(23)19(24)12-16/h2-3,12,14,17H,4-11,13H2,1H3,(H,25,26,27). The molecule has 0 spiro atoms. The highest BCUT2D eigenvalue weighted by Crippen LogP contribution is 2.24. The second-order valence-electron chi connectivity index (χ2n) is 7.97. The van der Waals surface area contributed by atoms with Gasteiger partial charge in [-0.05, 0) is 37.5 Å².